The van der Waals surface area contributed by atoms with E-state index in [1.165, 1.54) is 10.9 Å². The van der Waals surface area contributed by atoms with Crippen LogP contribution in [0.1, 0.15) is 66.4 Å². The van der Waals surface area contributed by atoms with Crippen molar-refractivity contribution < 1.29 is 14.7 Å². The largest absolute Gasteiger partial charge is 0.387 e. The molecule has 14 heteroatoms. The van der Waals surface area contributed by atoms with Crippen molar-refractivity contribution in [3.8, 4) is 5.82 Å². The molecule has 5 aromatic rings. The fourth-order valence-corrected chi connectivity index (χ4v) is 7.90. The number of aliphatic hydroxyl groups excluding tert-OH is 1. The van der Waals surface area contributed by atoms with Gasteiger partial charge in [0.1, 0.15) is 11.4 Å². The number of hydrogen-bond acceptors (Lipinski definition) is 10. The molecule has 8 rings (SSSR count). The van der Waals surface area contributed by atoms with Gasteiger partial charge in [0.25, 0.3) is 11.5 Å². The van der Waals surface area contributed by atoms with Crippen molar-refractivity contribution in [2.45, 2.75) is 64.8 Å². The molecule has 296 valence electrons. The molecule has 1 aliphatic carbocycles. The third kappa shape index (κ3) is 7.52. The summed E-state index contributed by atoms with van der Waals surface area (Å²) in [6.45, 7) is 15.5. The van der Waals surface area contributed by atoms with Gasteiger partial charge in [0.15, 0.2) is 11.5 Å². The fraction of sp³-hybridized carbons (Fsp3) is 0.349. The van der Waals surface area contributed by atoms with Gasteiger partial charge in [-0.2, -0.15) is 4.98 Å². The molecule has 1 fully saturated rings. The van der Waals surface area contributed by atoms with Crippen molar-refractivity contribution >= 4 is 45.9 Å². The molecule has 3 N–H and O–H groups in total. The van der Waals surface area contributed by atoms with Gasteiger partial charge in [0, 0.05) is 68.6 Å². The van der Waals surface area contributed by atoms with E-state index in [-0.39, 0.29) is 23.9 Å². The monoisotopic (exact) mass is 770 g/mol. The van der Waals surface area contributed by atoms with Crippen molar-refractivity contribution in [1.29, 1.82) is 0 Å². The minimum atomic E-state index is -0.635. The number of rotatable bonds is 12. The minimum absolute atomic E-state index is 0.106. The Morgan fingerprint density at radius 3 is 2.37 bits per heavy atom. The Morgan fingerprint density at radius 1 is 0.947 bits per heavy atom. The second kappa shape index (κ2) is 16.8. The molecule has 57 heavy (non-hydrogen) atoms. The van der Waals surface area contributed by atoms with E-state index >= 15 is 0 Å². The number of hydrogen-bond donors (Lipinski definition) is 3. The summed E-state index contributed by atoms with van der Waals surface area (Å²) < 4.78 is 3.20. The first-order valence-electron chi connectivity index (χ1n) is 19.7. The molecule has 2 atom stereocenters. The summed E-state index contributed by atoms with van der Waals surface area (Å²) in [6.07, 6.45) is 6.89. The van der Waals surface area contributed by atoms with Gasteiger partial charge in [-0.05, 0) is 85.3 Å². The van der Waals surface area contributed by atoms with Gasteiger partial charge < -0.3 is 30.4 Å². The average molecular weight is 771 g/mol. The molecule has 2 unspecified atom stereocenters. The van der Waals surface area contributed by atoms with E-state index in [1.807, 2.05) is 50.2 Å². The molecule has 14 nitrogen and oxygen atoms in total. The first-order valence-corrected chi connectivity index (χ1v) is 19.7. The zero-order valence-corrected chi connectivity index (χ0v) is 32.8. The van der Waals surface area contributed by atoms with E-state index in [0.29, 0.717) is 59.9 Å². The lowest BCUT2D eigenvalue weighted by molar-refractivity contribution is -0.125. The molecule has 0 radical (unpaired) electrons. The van der Waals surface area contributed by atoms with Gasteiger partial charge in [0.05, 0.1) is 18.3 Å². The number of piperazine rings is 1. The predicted octanol–water partition coefficient (Wildman–Crippen LogP) is 5.28. The number of carbonyl (C=O) groups excluding carboxylic acids is 2. The molecule has 0 spiro atoms. The van der Waals surface area contributed by atoms with Gasteiger partial charge in [-0.25, -0.2) is 19.3 Å². The molecule has 2 amide bonds. The summed E-state index contributed by atoms with van der Waals surface area (Å²) in [5, 5.41) is 16.8. The number of aromatic nitrogens is 5. The van der Waals surface area contributed by atoms with Gasteiger partial charge >= 0.3 is 0 Å². The predicted molar refractivity (Wildman–Crippen MR) is 223 cm³/mol. The third-order valence-corrected chi connectivity index (χ3v) is 10.8. The number of aliphatic hydroxyl groups is 1. The van der Waals surface area contributed by atoms with E-state index in [9.17, 15) is 19.5 Å². The first-order chi connectivity index (χ1) is 27.8. The summed E-state index contributed by atoms with van der Waals surface area (Å²) >= 11 is 0. The standard InChI is InChI=1S/C41H44N10O4.C2H6/c1-4-6-7-33(38(53)42-3)49-25-27-23-30(14-15-31(27)39(49)54)48-21-19-47(20-22-48)29-12-10-28(11-13-29)44-41-43-24-32-37(46-41)51(50(18-5-2)40(32)55)35-17-9-26-8-16-34(52)36(26)45-35;1-2/h4-5,9-15,17,23-24,33-34,52H,1-2,6-8,16,18-22,25H2,3H3,(H,42,53)(H,43,44,46);1-2H3. The SMILES string of the molecule is C=CCCC(C(=O)NC)N1Cc2cc(N3CCN(c4ccc(Nc5ncc6c(=O)n(CC=C)n(-c7ccc8c(n7)C(O)CC8)c6n5)cc4)CC3)ccc2C1=O.CC. The van der Waals surface area contributed by atoms with Crippen LogP contribution in [-0.4, -0.2) is 85.4 Å². The van der Waals surface area contributed by atoms with Gasteiger partial charge in [-0.1, -0.05) is 32.1 Å². The van der Waals surface area contributed by atoms with Crippen LogP contribution in [0.25, 0.3) is 16.9 Å². The number of nitrogens with one attached hydrogen (secondary N) is 2. The Bertz CT molecular complexity index is 2360. The maximum absolute atomic E-state index is 13.4. The number of nitrogens with zero attached hydrogens (tertiary/aromatic N) is 8. The van der Waals surface area contributed by atoms with Crippen molar-refractivity contribution in [2.24, 2.45) is 0 Å². The summed E-state index contributed by atoms with van der Waals surface area (Å²) in [6, 6.07) is 17.4. The lowest BCUT2D eigenvalue weighted by Gasteiger charge is -2.37. The maximum Gasteiger partial charge on any atom is 0.278 e. The van der Waals surface area contributed by atoms with Crippen LogP contribution in [0, 0.1) is 0 Å². The molecular formula is C43H50N10O4. The van der Waals surface area contributed by atoms with E-state index < -0.39 is 12.1 Å². The number of allylic oxidation sites excluding steroid dienone is 2. The zero-order chi connectivity index (χ0) is 40.2. The lowest BCUT2D eigenvalue weighted by Crippen LogP contribution is -2.46. The molecule has 0 saturated carbocycles. The Balaban J connectivity index is 0.00000244. The minimum Gasteiger partial charge on any atom is -0.387 e. The average Bonchev–Trinajstić information content (AvgIpc) is 3.88. The highest BCUT2D eigenvalue weighted by Gasteiger charge is 2.36. The van der Waals surface area contributed by atoms with Crippen molar-refractivity contribution in [3.63, 3.8) is 0 Å². The Kier molecular flexibility index (Phi) is 11.5. The number of benzene rings is 2. The molecule has 1 saturated heterocycles. The van der Waals surface area contributed by atoms with E-state index in [0.717, 1.165) is 60.8 Å². The number of aryl methyl sites for hydroxylation is 1. The lowest BCUT2D eigenvalue weighted by atomic mass is 10.1. The molecule has 2 aromatic carbocycles. The second-order valence-corrected chi connectivity index (χ2v) is 14.1. The summed E-state index contributed by atoms with van der Waals surface area (Å²) in [7, 11) is 1.60. The van der Waals surface area contributed by atoms with Crippen molar-refractivity contribution in [3.05, 3.63) is 119 Å². The number of pyridine rings is 1. The van der Waals surface area contributed by atoms with E-state index in [4.69, 9.17) is 9.97 Å². The highest BCUT2D eigenvalue weighted by Crippen LogP contribution is 2.32. The Morgan fingerprint density at radius 2 is 1.67 bits per heavy atom. The number of amides is 2. The Labute approximate surface area is 332 Å². The summed E-state index contributed by atoms with van der Waals surface area (Å²) in [5.74, 6) is 0.558. The smallest absolute Gasteiger partial charge is 0.278 e. The van der Waals surface area contributed by atoms with Gasteiger partial charge in [-0.15, -0.1) is 13.2 Å². The topological polar surface area (TPSA) is 154 Å². The molecule has 3 aromatic heterocycles. The maximum atomic E-state index is 13.4. The van der Waals surface area contributed by atoms with Gasteiger partial charge in [-0.3, -0.25) is 14.4 Å². The molecule has 3 aliphatic rings. The number of carbonyl (C=O) groups is 2. The summed E-state index contributed by atoms with van der Waals surface area (Å²) in [4.78, 5) is 59.7. The van der Waals surface area contributed by atoms with Crippen molar-refractivity contribution in [1.82, 2.24) is 34.5 Å². The van der Waals surface area contributed by atoms with Crippen LogP contribution < -0.4 is 26.0 Å². The number of fused-ring (bicyclic) bond motifs is 3. The van der Waals surface area contributed by atoms with Crippen LogP contribution in [-0.2, 0) is 24.3 Å². The third-order valence-electron chi connectivity index (χ3n) is 10.8. The zero-order valence-electron chi connectivity index (χ0n) is 32.8. The quantitative estimate of drug-likeness (QED) is 0.143. The normalized spacial score (nSPS) is 16.5. The highest BCUT2D eigenvalue weighted by atomic mass is 16.3. The molecule has 2 aliphatic heterocycles. The number of likely N-dealkylation sites (N-methyl/N-ethyl adjacent to an activating group) is 1. The van der Waals surface area contributed by atoms with Crippen LogP contribution in [0.2, 0.25) is 0 Å². The first kappa shape index (κ1) is 39.0. The van der Waals surface area contributed by atoms with Gasteiger partial charge in [0.2, 0.25) is 11.9 Å². The Hall–Kier alpha value is -6.28. The number of anilines is 4. The van der Waals surface area contributed by atoms with Crippen LogP contribution in [0.5, 0.6) is 0 Å². The van der Waals surface area contributed by atoms with Crippen LogP contribution in [0.15, 0.2) is 90.9 Å². The van der Waals surface area contributed by atoms with E-state index in [1.54, 1.807) is 28.8 Å². The second-order valence-electron chi connectivity index (χ2n) is 14.1. The van der Waals surface area contributed by atoms with Crippen LogP contribution >= 0.6 is 0 Å². The van der Waals surface area contributed by atoms with Crippen molar-refractivity contribution in [2.75, 3.05) is 48.3 Å². The molecule has 5 heterocycles. The fourth-order valence-electron chi connectivity index (χ4n) is 7.90. The van der Waals surface area contributed by atoms with Crippen LogP contribution in [0.4, 0.5) is 23.0 Å². The molecule has 0 bridgehead atoms. The summed E-state index contributed by atoms with van der Waals surface area (Å²) in [5.41, 5.74) is 6.36. The molecular weight excluding hydrogens is 721 g/mol. The van der Waals surface area contributed by atoms with E-state index in [2.05, 4.69) is 56.8 Å². The van der Waals surface area contributed by atoms with Crippen LogP contribution in [0.3, 0.4) is 0 Å². The highest BCUT2D eigenvalue weighted by molar-refractivity contribution is 6.01.